The van der Waals surface area contributed by atoms with Crippen molar-refractivity contribution in [2.75, 3.05) is 0 Å². The smallest absolute Gasteiger partial charge is 0.333 e. The first-order valence-corrected chi connectivity index (χ1v) is 6.17. The Morgan fingerprint density at radius 1 is 1.29 bits per heavy atom. The first kappa shape index (κ1) is 12.6. The first-order valence-electron chi connectivity index (χ1n) is 6.17. The van der Waals surface area contributed by atoms with Crippen LogP contribution in [-0.4, -0.2) is 29.6 Å². The van der Waals surface area contributed by atoms with Crippen LogP contribution in [0.3, 0.4) is 0 Å². The summed E-state index contributed by atoms with van der Waals surface area (Å²) in [5, 5.41) is 9.21. The summed E-state index contributed by atoms with van der Waals surface area (Å²) in [7, 11) is 0. The minimum Gasteiger partial charge on any atom is -0.459 e. The quantitative estimate of drug-likeness (QED) is 0.461. The second-order valence-corrected chi connectivity index (χ2v) is 5.23. The fourth-order valence-corrected chi connectivity index (χ4v) is 2.97. The maximum Gasteiger partial charge on any atom is 0.333 e. The fraction of sp³-hybridized carbons (Fsp3) is 0.769. The molecule has 17 heavy (non-hydrogen) atoms. The van der Waals surface area contributed by atoms with Gasteiger partial charge < -0.3 is 14.6 Å². The predicted octanol–water partition coefficient (Wildman–Crippen LogP) is 1.63. The molecule has 2 fully saturated rings. The molecule has 2 aliphatic rings. The predicted molar refractivity (Wildman–Crippen MR) is 62.1 cm³/mol. The number of aliphatic hydroxyl groups excluding tert-OH is 1. The van der Waals surface area contributed by atoms with Crippen LogP contribution in [0.2, 0.25) is 0 Å². The highest BCUT2D eigenvalue weighted by molar-refractivity contribution is 5.87. The summed E-state index contributed by atoms with van der Waals surface area (Å²) in [5.74, 6) is 0.500. The summed E-state index contributed by atoms with van der Waals surface area (Å²) in [6, 6.07) is 0. The minimum absolute atomic E-state index is 0.0121. The maximum atomic E-state index is 11.4. The van der Waals surface area contributed by atoms with Crippen molar-refractivity contribution in [3.8, 4) is 0 Å². The minimum atomic E-state index is -0.712. The molecule has 96 valence electrons. The Bertz CT molecular complexity index is 323. The second kappa shape index (κ2) is 4.78. The molecule has 0 aromatic rings. The standard InChI is InChI=1S/C13H20O4/c1-7(2)13(15)17-12-6-9-4-10(12)5-11(9)16-8(3)14/h8-12,14H,1,4-6H2,2-3H3. The number of ether oxygens (including phenoxy) is 2. The lowest BCUT2D eigenvalue weighted by atomic mass is 9.95. The zero-order valence-electron chi connectivity index (χ0n) is 10.4. The van der Waals surface area contributed by atoms with Gasteiger partial charge in [0.25, 0.3) is 0 Å². The van der Waals surface area contributed by atoms with Crippen LogP contribution in [-0.2, 0) is 14.3 Å². The molecule has 2 bridgehead atoms. The van der Waals surface area contributed by atoms with Crippen LogP contribution in [0.1, 0.15) is 33.1 Å². The molecule has 2 saturated carbocycles. The molecule has 0 aromatic heterocycles. The Labute approximate surface area is 102 Å². The summed E-state index contributed by atoms with van der Waals surface area (Å²) in [6.45, 7) is 6.87. The number of fused-ring (bicyclic) bond motifs is 2. The van der Waals surface area contributed by atoms with Gasteiger partial charge in [-0.1, -0.05) is 6.58 Å². The molecule has 0 spiro atoms. The van der Waals surface area contributed by atoms with Crippen LogP contribution in [0.25, 0.3) is 0 Å². The van der Waals surface area contributed by atoms with Crippen molar-refractivity contribution in [3.05, 3.63) is 12.2 Å². The van der Waals surface area contributed by atoms with Gasteiger partial charge in [-0.3, -0.25) is 0 Å². The van der Waals surface area contributed by atoms with Crippen LogP contribution >= 0.6 is 0 Å². The zero-order valence-corrected chi connectivity index (χ0v) is 10.4. The maximum absolute atomic E-state index is 11.4. The fourth-order valence-electron chi connectivity index (χ4n) is 2.97. The van der Waals surface area contributed by atoms with Gasteiger partial charge in [0.2, 0.25) is 0 Å². The molecule has 5 atom stereocenters. The lowest BCUT2D eigenvalue weighted by molar-refractivity contribution is -0.158. The van der Waals surface area contributed by atoms with Crippen molar-refractivity contribution in [1.29, 1.82) is 0 Å². The van der Waals surface area contributed by atoms with E-state index in [2.05, 4.69) is 6.58 Å². The molecule has 4 nitrogen and oxygen atoms in total. The van der Waals surface area contributed by atoms with Crippen molar-refractivity contribution in [2.24, 2.45) is 11.8 Å². The summed E-state index contributed by atoms with van der Waals surface area (Å²) in [6.07, 6.45) is 2.18. The van der Waals surface area contributed by atoms with E-state index < -0.39 is 6.29 Å². The number of hydrogen-bond donors (Lipinski definition) is 1. The summed E-state index contributed by atoms with van der Waals surface area (Å²) < 4.78 is 10.8. The molecule has 2 rings (SSSR count). The molecule has 4 heteroatoms. The van der Waals surface area contributed by atoms with E-state index in [9.17, 15) is 9.90 Å². The molecule has 2 aliphatic carbocycles. The molecule has 0 amide bonds. The third-order valence-corrected chi connectivity index (χ3v) is 3.71. The van der Waals surface area contributed by atoms with Crippen molar-refractivity contribution in [3.63, 3.8) is 0 Å². The number of carbonyl (C=O) groups is 1. The summed E-state index contributed by atoms with van der Waals surface area (Å²) >= 11 is 0. The molecule has 0 aliphatic heterocycles. The monoisotopic (exact) mass is 240 g/mol. The topological polar surface area (TPSA) is 55.8 Å². The number of esters is 1. The van der Waals surface area contributed by atoms with Gasteiger partial charge in [0.05, 0.1) is 6.10 Å². The van der Waals surface area contributed by atoms with Crippen LogP contribution < -0.4 is 0 Å². The van der Waals surface area contributed by atoms with E-state index >= 15 is 0 Å². The van der Waals surface area contributed by atoms with Gasteiger partial charge in [0, 0.05) is 5.57 Å². The molecule has 0 radical (unpaired) electrons. The largest absolute Gasteiger partial charge is 0.459 e. The Morgan fingerprint density at radius 2 is 1.88 bits per heavy atom. The Kier molecular flexibility index (Phi) is 3.54. The number of carbonyl (C=O) groups excluding carboxylic acids is 1. The van der Waals surface area contributed by atoms with E-state index in [1.54, 1.807) is 13.8 Å². The average Bonchev–Trinajstić information content (AvgIpc) is 2.75. The van der Waals surface area contributed by atoms with Gasteiger partial charge >= 0.3 is 5.97 Å². The van der Waals surface area contributed by atoms with Gasteiger partial charge in [0.15, 0.2) is 6.29 Å². The Hall–Kier alpha value is -0.870. The van der Waals surface area contributed by atoms with E-state index in [0.717, 1.165) is 19.3 Å². The summed E-state index contributed by atoms with van der Waals surface area (Å²) in [4.78, 5) is 11.4. The number of aliphatic hydroxyl groups is 1. The Balaban J connectivity index is 1.85. The van der Waals surface area contributed by atoms with Crippen LogP contribution in [0.5, 0.6) is 0 Å². The van der Waals surface area contributed by atoms with E-state index in [1.807, 2.05) is 0 Å². The highest BCUT2D eigenvalue weighted by atomic mass is 16.6. The number of rotatable bonds is 4. The molecule has 5 unspecified atom stereocenters. The van der Waals surface area contributed by atoms with Crippen molar-refractivity contribution in [1.82, 2.24) is 0 Å². The summed E-state index contributed by atoms with van der Waals surface area (Å²) in [5.41, 5.74) is 0.449. The molecule has 0 heterocycles. The number of hydrogen-bond acceptors (Lipinski definition) is 4. The third kappa shape index (κ3) is 2.69. The van der Waals surface area contributed by atoms with E-state index in [1.165, 1.54) is 0 Å². The lowest BCUT2D eigenvalue weighted by Crippen LogP contribution is -2.32. The van der Waals surface area contributed by atoms with Gasteiger partial charge in [-0.25, -0.2) is 4.79 Å². The van der Waals surface area contributed by atoms with E-state index in [4.69, 9.17) is 9.47 Å². The molecular weight excluding hydrogens is 220 g/mol. The second-order valence-electron chi connectivity index (χ2n) is 5.23. The normalized spacial score (nSPS) is 36.9. The molecular formula is C13H20O4. The van der Waals surface area contributed by atoms with Crippen LogP contribution in [0, 0.1) is 11.8 Å². The third-order valence-electron chi connectivity index (χ3n) is 3.71. The Morgan fingerprint density at radius 3 is 2.35 bits per heavy atom. The van der Waals surface area contributed by atoms with Crippen molar-refractivity contribution < 1.29 is 19.4 Å². The molecule has 0 aromatic carbocycles. The van der Waals surface area contributed by atoms with Gasteiger partial charge in [-0.15, -0.1) is 0 Å². The van der Waals surface area contributed by atoms with Crippen molar-refractivity contribution in [2.45, 2.75) is 51.6 Å². The average molecular weight is 240 g/mol. The van der Waals surface area contributed by atoms with Crippen LogP contribution in [0.4, 0.5) is 0 Å². The SMILES string of the molecule is C=C(C)C(=O)OC1CC2CC1CC2OC(C)O. The van der Waals surface area contributed by atoms with Gasteiger partial charge in [-0.05, 0) is 44.9 Å². The molecule has 0 saturated heterocycles. The van der Waals surface area contributed by atoms with Gasteiger partial charge in [-0.2, -0.15) is 0 Å². The lowest BCUT2D eigenvalue weighted by Gasteiger charge is -2.28. The van der Waals surface area contributed by atoms with Crippen molar-refractivity contribution >= 4 is 5.97 Å². The highest BCUT2D eigenvalue weighted by Crippen LogP contribution is 2.47. The highest BCUT2D eigenvalue weighted by Gasteiger charge is 2.48. The van der Waals surface area contributed by atoms with E-state index in [0.29, 0.717) is 17.4 Å². The first-order chi connectivity index (χ1) is 7.97. The molecule has 1 N–H and O–H groups in total. The van der Waals surface area contributed by atoms with E-state index in [-0.39, 0.29) is 18.2 Å². The van der Waals surface area contributed by atoms with Crippen LogP contribution in [0.15, 0.2) is 12.2 Å². The zero-order chi connectivity index (χ0) is 12.6. The van der Waals surface area contributed by atoms with Gasteiger partial charge in [0.1, 0.15) is 6.10 Å².